The minimum Gasteiger partial charge on any atom is -0.351 e. The molecule has 0 radical (unpaired) electrons. The molecule has 29 heavy (non-hydrogen) atoms. The molecule has 1 aromatic carbocycles. The summed E-state index contributed by atoms with van der Waals surface area (Å²) in [6.07, 6.45) is 1.42. The van der Waals surface area contributed by atoms with Crippen molar-refractivity contribution in [1.29, 1.82) is 0 Å². The van der Waals surface area contributed by atoms with Gasteiger partial charge in [-0.05, 0) is 33.3 Å². The SMILES string of the molecule is Cc1nn(C(C)C)c(C)c1CN1CC[C@@]23OC[C@@H](c4ccccc4)N2C(=O)C[C@@H]13. The number of aromatic nitrogens is 2. The summed E-state index contributed by atoms with van der Waals surface area (Å²) in [6.45, 7) is 10.9. The molecule has 3 fully saturated rings. The van der Waals surface area contributed by atoms with Gasteiger partial charge in [0.2, 0.25) is 5.91 Å². The van der Waals surface area contributed by atoms with Crippen LogP contribution in [0.3, 0.4) is 0 Å². The van der Waals surface area contributed by atoms with E-state index in [-0.39, 0.29) is 18.0 Å². The maximum Gasteiger partial charge on any atom is 0.227 e. The molecule has 2 aromatic rings. The molecular formula is C23H30N4O2. The number of hydrogen-bond acceptors (Lipinski definition) is 4. The Hall–Kier alpha value is -2.18. The van der Waals surface area contributed by atoms with Gasteiger partial charge in [-0.3, -0.25) is 14.4 Å². The molecule has 3 aliphatic heterocycles. The summed E-state index contributed by atoms with van der Waals surface area (Å²) in [5.74, 6) is 0.220. The van der Waals surface area contributed by atoms with Crippen molar-refractivity contribution in [2.24, 2.45) is 0 Å². The predicted octanol–water partition coefficient (Wildman–Crippen LogP) is 3.36. The normalized spacial score (nSPS) is 29.1. The van der Waals surface area contributed by atoms with Gasteiger partial charge in [-0.2, -0.15) is 5.10 Å². The Kier molecular flexibility index (Phi) is 4.33. The van der Waals surface area contributed by atoms with Crippen molar-refractivity contribution in [3.8, 4) is 0 Å². The molecule has 1 spiro atoms. The monoisotopic (exact) mass is 394 g/mol. The van der Waals surface area contributed by atoms with Gasteiger partial charge in [0.1, 0.15) is 0 Å². The highest BCUT2D eigenvalue weighted by atomic mass is 16.5. The lowest BCUT2D eigenvalue weighted by atomic mass is 10.0. The molecule has 0 aliphatic carbocycles. The average Bonchev–Trinajstić information content (AvgIpc) is 3.39. The molecule has 0 N–H and O–H groups in total. The van der Waals surface area contributed by atoms with Gasteiger partial charge in [-0.15, -0.1) is 0 Å². The molecule has 6 heteroatoms. The maximum atomic E-state index is 13.1. The lowest BCUT2D eigenvalue weighted by Gasteiger charge is -2.33. The van der Waals surface area contributed by atoms with E-state index in [1.54, 1.807) is 0 Å². The number of carbonyl (C=O) groups is 1. The highest BCUT2D eigenvalue weighted by Crippen LogP contribution is 2.51. The van der Waals surface area contributed by atoms with Crippen LogP contribution in [-0.2, 0) is 16.1 Å². The van der Waals surface area contributed by atoms with Crippen molar-refractivity contribution >= 4 is 5.91 Å². The van der Waals surface area contributed by atoms with Crippen LogP contribution in [0.2, 0.25) is 0 Å². The summed E-state index contributed by atoms with van der Waals surface area (Å²) in [7, 11) is 0. The number of ether oxygens (including phenoxy) is 1. The van der Waals surface area contributed by atoms with E-state index in [9.17, 15) is 4.79 Å². The first-order chi connectivity index (χ1) is 13.9. The van der Waals surface area contributed by atoms with Crippen LogP contribution in [0.4, 0.5) is 0 Å². The smallest absolute Gasteiger partial charge is 0.227 e. The zero-order valence-electron chi connectivity index (χ0n) is 17.8. The van der Waals surface area contributed by atoms with E-state index in [1.165, 1.54) is 16.8 Å². The van der Waals surface area contributed by atoms with E-state index >= 15 is 0 Å². The molecule has 1 aromatic heterocycles. The van der Waals surface area contributed by atoms with Crippen LogP contribution in [0, 0.1) is 13.8 Å². The Labute approximate surface area is 172 Å². The third-order valence-corrected chi connectivity index (χ3v) is 7.08. The number of likely N-dealkylation sites (tertiary alicyclic amines) is 1. The number of hydrogen-bond donors (Lipinski definition) is 0. The van der Waals surface area contributed by atoms with Gasteiger partial charge >= 0.3 is 0 Å². The molecule has 0 saturated carbocycles. The van der Waals surface area contributed by atoms with E-state index in [4.69, 9.17) is 9.84 Å². The van der Waals surface area contributed by atoms with Crippen LogP contribution in [-0.4, -0.2) is 50.4 Å². The summed E-state index contributed by atoms with van der Waals surface area (Å²) in [6, 6.07) is 10.8. The van der Waals surface area contributed by atoms with Crippen LogP contribution in [0.1, 0.15) is 61.3 Å². The maximum absolute atomic E-state index is 13.1. The van der Waals surface area contributed by atoms with Crippen LogP contribution >= 0.6 is 0 Å². The van der Waals surface area contributed by atoms with Crippen LogP contribution < -0.4 is 0 Å². The van der Waals surface area contributed by atoms with Gasteiger partial charge in [0, 0.05) is 43.2 Å². The van der Waals surface area contributed by atoms with Crippen LogP contribution in [0.5, 0.6) is 0 Å². The number of carbonyl (C=O) groups excluding carboxylic acids is 1. The Morgan fingerprint density at radius 3 is 2.69 bits per heavy atom. The summed E-state index contributed by atoms with van der Waals surface area (Å²) >= 11 is 0. The highest BCUT2D eigenvalue weighted by molar-refractivity contribution is 5.82. The lowest BCUT2D eigenvalue weighted by molar-refractivity contribution is -0.138. The third-order valence-electron chi connectivity index (χ3n) is 7.08. The molecule has 3 saturated heterocycles. The van der Waals surface area contributed by atoms with Gasteiger partial charge in [-0.25, -0.2) is 0 Å². The van der Waals surface area contributed by atoms with Gasteiger partial charge in [0.05, 0.1) is 24.4 Å². The fourth-order valence-electron chi connectivity index (χ4n) is 5.67. The number of benzene rings is 1. The van der Waals surface area contributed by atoms with Crippen molar-refractivity contribution in [1.82, 2.24) is 19.6 Å². The van der Waals surface area contributed by atoms with Crippen molar-refractivity contribution in [2.45, 2.75) is 70.9 Å². The highest BCUT2D eigenvalue weighted by Gasteiger charge is 2.64. The molecule has 154 valence electrons. The van der Waals surface area contributed by atoms with E-state index in [0.29, 0.717) is 19.1 Å². The third kappa shape index (κ3) is 2.69. The number of nitrogens with zero attached hydrogens (tertiary/aromatic N) is 4. The minimum absolute atomic E-state index is 0.0285. The fraction of sp³-hybridized carbons (Fsp3) is 0.565. The molecule has 6 nitrogen and oxygen atoms in total. The van der Waals surface area contributed by atoms with E-state index in [0.717, 1.165) is 25.2 Å². The predicted molar refractivity (Wildman–Crippen MR) is 110 cm³/mol. The fourth-order valence-corrected chi connectivity index (χ4v) is 5.67. The van der Waals surface area contributed by atoms with Crippen molar-refractivity contribution in [2.75, 3.05) is 13.2 Å². The molecule has 3 aliphatic rings. The Bertz CT molecular complexity index is 938. The minimum atomic E-state index is -0.465. The van der Waals surface area contributed by atoms with Crippen LogP contribution in [0.15, 0.2) is 30.3 Å². The summed E-state index contributed by atoms with van der Waals surface area (Å²) in [5.41, 5.74) is 4.32. The molecule has 4 heterocycles. The molecule has 0 unspecified atom stereocenters. The average molecular weight is 395 g/mol. The molecule has 5 rings (SSSR count). The molecular weight excluding hydrogens is 364 g/mol. The second-order valence-corrected chi connectivity index (χ2v) is 8.97. The first-order valence-corrected chi connectivity index (χ1v) is 10.7. The standard InChI is InChI=1S/C23H30N4O2/c1-15(2)27-17(4)19(16(3)24-27)13-25-11-10-23-21(25)12-22(28)26(23)20(14-29-23)18-8-6-5-7-9-18/h5-9,15,20-21H,10-14H2,1-4H3/t20-,21+,23-/m0/s1. The van der Waals surface area contributed by atoms with Crippen LogP contribution in [0.25, 0.3) is 0 Å². The van der Waals surface area contributed by atoms with Crippen molar-refractivity contribution in [3.63, 3.8) is 0 Å². The number of rotatable bonds is 4. The zero-order chi connectivity index (χ0) is 20.3. The Morgan fingerprint density at radius 2 is 2.00 bits per heavy atom. The molecule has 0 bridgehead atoms. The second-order valence-electron chi connectivity index (χ2n) is 8.97. The first-order valence-electron chi connectivity index (χ1n) is 10.7. The Morgan fingerprint density at radius 1 is 1.24 bits per heavy atom. The topological polar surface area (TPSA) is 50.6 Å². The van der Waals surface area contributed by atoms with E-state index in [2.05, 4.69) is 54.3 Å². The number of aryl methyl sites for hydroxylation is 1. The van der Waals surface area contributed by atoms with Crippen molar-refractivity contribution < 1.29 is 9.53 Å². The van der Waals surface area contributed by atoms with Gasteiger partial charge in [0.15, 0.2) is 5.72 Å². The van der Waals surface area contributed by atoms with Gasteiger partial charge in [0.25, 0.3) is 0 Å². The number of amides is 1. The quantitative estimate of drug-likeness (QED) is 0.798. The molecule has 3 atom stereocenters. The largest absolute Gasteiger partial charge is 0.351 e. The van der Waals surface area contributed by atoms with Gasteiger partial charge < -0.3 is 9.64 Å². The second kappa shape index (κ2) is 6.67. The lowest BCUT2D eigenvalue weighted by Crippen LogP contribution is -2.48. The van der Waals surface area contributed by atoms with E-state index in [1.807, 2.05) is 18.2 Å². The van der Waals surface area contributed by atoms with Crippen molar-refractivity contribution in [3.05, 3.63) is 52.8 Å². The molecule has 1 amide bonds. The van der Waals surface area contributed by atoms with E-state index < -0.39 is 5.72 Å². The van der Waals surface area contributed by atoms with Gasteiger partial charge in [-0.1, -0.05) is 30.3 Å². The first kappa shape index (κ1) is 18.8. The zero-order valence-corrected chi connectivity index (χ0v) is 17.8. The summed E-state index contributed by atoms with van der Waals surface area (Å²) < 4.78 is 8.55. The summed E-state index contributed by atoms with van der Waals surface area (Å²) in [5, 5.41) is 4.75. The Balaban J connectivity index is 1.42. The summed E-state index contributed by atoms with van der Waals surface area (Å²) in [4.78, 5) is 17.6.